The highest BCUT2D eigenvalue weighted by atomic mass is 79.9. The topological polar surface area (TPSA) is 3.24 Å². The summed E-state index contributed by atoms with van der Waals surface area (Å²) in [6, 6.07) is 17.2. The Bertz CT molecular complexity index is 475. The molecule has 2 heteroatoms. The first kappa shape index (κ1) is 13.3. The Hall–Kier alpha value is -1.12. The minimum absolute atomic E-state index is 0.966. The van der Waals surface area contributed by atoms with Crippen LogP contribution in [0, 0.1) is 6.92 Å². The number of nitrogens with zero attached hydrogens (tertiary/aromatic N) is 1. The average molecular weight is 304 g/mol. The SMILES string of the molecule is Cc1cccc(CN(C)Cc2cccc(Br)c2)c1. The normalized spacial score (nSPS) is 10.9. The molecule has 2 aromatic rings. The molecule has 0 radical (unpaired) electrons. The van der Waals surface area contributed by atoms with Crippen LogP contribution in [0.1, 0.15) is 16.7 Å². The first-order valence-corrected chi connectivity index (χ1v) is 6.91. The summed E-state index contributed by atoms with van der Waals surface area (Å²) in [5, 5.41) is 0. The van der Waals surface area contributed by atoms with E-state index in [4.69, 9.17) is 0 Å². The number of halogens is 1. The average Bonchev–Trinajstić information content (AvgIpc) is 2.28. The van der Waals surface area contributed by atoms with E-state index in [2.05, 4.69) is 83.3 Å². The van der Waals surface area contributed by atoms with E-state index in [1.807, 2.05) is 0 Å². The summed E-state index contributed by atoms with van der Waals surface area (Å²) in [6.45, 7) is 4.08. The third kappa shape index (κ3) is 3.97. The van der Waals surface area contributed by atoms with Crippen LogP contribution in [0.3, 0.4) is 0 Å². The van der Waals surface area contributed by atoms with Gasteiger partial charge in [-0.15, -0.1) is 0 Å². The van der Waals surface area contributed by atoms with Crippen molar-refractivity contribution in [1.82, 2.24) is 4.90 Å². The van der Waals surface area contributed by atoms with Gasteiger partial charge in [0.15, 0.2) is 0 Å². The lowest BCUT2D eigenvalue weighted by Crippen LogP contribution is -2.17. The Morgan fingerprint density at radius 1 is 0.944 bits per heavy atom. The summed E-state index contributed by atoms with van der Waals surface area (Å²) in [4.78, 5) is 2.33. The van der Waals surface area contributed by atoms with E-state index in [9.17, 15) is 0 Å². The largest absolute Gasteiger partial charge is 0.298 e. The van der Waals surface area contributed by atoms with Crippen molar-refractivity contribution in [1.29, 1.82) is 0 Å². The maximum absolute atomic E-state index is 3.51. The Morgan fingerprint density at radius 2 is 1.56 bits per heavy atom. The lowest BCUT2D eigenvalue weighted by molar-refractivity contribution is 0.319. The molecule has 0 fully saturated rings. The van der Waals surface area contributed by atoms with Gasteiger partial charge >= 0.3 is 0 Å². The molecule has 0 saturated carbocycles. The fraction of sp³-hybridized carbons (Fsp3) is 0.250. The summed E-state index contributed by atoms with van der Waals surface area (Å²) >= 11 is 3.51. The fourth-order valence-corrected chi connectivity index (χ4v) is 2.57. The molecule has 0 N–H and O–H groups in total. The molecule has 1 nitrogen and oxygen atoms in total. The third-order valence-electron chi connectivity index (χ3n) is 2.88. The molecular formula is C16H18BrN. The van der Waals surface area contributed by atoms with Crippen molar-refractivity contribution in [3.63, 3.8) is 0 Å². The second-order valence-electron chi connectivity index (χ2n) is 4.79. The quantitative estimate of drug-likeness (QED) is 0.810. The van der Waals surface area contributed by atoms with E-state index in [-0.39, 0.29) is 0 Å². The van der Waals surface area contributed by atoms with Gasteiger partial charge in [-0.05, 0) is 37.2 Å². The van der Waals surface area contributed by atoms with Crippen molar-refractivity contribution in [2.45, 2.75) is 20.0 Å². The van der Waals surface area contributed by atoms with E-state index in [1.54, 1.807) is 0 Å². The van der Waals surface area contributed by atoms with Crippen LogP contribution >= 0.6 is 15.9 Å². The van der Waals surface area contributed by atoms with Gasteiger partial charge in [0.05, 0.1) is 0 Å². The predicted molar refractivity (Wildman–Crippen MR) is 80.5 cm³/mol. The first-order chi connectivity index (χ1) is 8.63. The number of rotatable bonds is 4. The fourth-order valence-electron chi connectivity index (χ4n) is 2.13. The maximum atomic E-state index is 3.51. The summed E-state index contributed by atoms with van der Waals surface area (Å²) in [7, 11) is 2.16. The molecule has 94 valence electrons. The van der Waals surface area contributed by atoms with Gasteiger partial charge in [-0.25, -0.2) is 0 Å². The number of benzene rings is 2. The highest BCUT2D eigenvalue weighted by Gasteiger charge is 2.02. The lowest BCUT2D eigenvalue weighted by Gasteiger charge is -2.17. The minimum Gasteiger partial charge on any atom is -0.298 e. The number of hydrogen-bond acceptors (Lipinski definition) is 1. The predicted octanol–water partition coefficient (Wildman–Crippen LogP) is 4.39. The van der Waals surface area contributed by atoms with Gasteiger partial charge in [-0.1, -0.05) is 57.9 Å². The highest BCUT2D eigenvalue weighted by molar-refractivity contribution is 9.10. The Morgan fingerprint density at radius 3 is 2.17 bits per heavy atom. The van der Waals surface area contributed by atoms with Crippen LogP contribution in [0.15, 0.2) is 53.0 Å². The Kier molecular flexibility index (Phi) is 4.56. The van der Waals surface area contributed by atoms with E-state index < -0.39 is 0 Å². The zero-order valence-electron chi connectivity index (χ0n) is 10.9. The van der Waals surface area contributed by atoms with Crippen LogP contribution in [-0.4, -0.2) is 11.9 Å². The standard InChI is InChI=1S/C16H18BrN/c1-13-5-3-6-14(9-13)11-18(2)12-15-7-4-8-16(17)10-15/h3-10H,11-12H2,1-2H3. The molecule has 0 saturated heterocycles. The highest BCUT2D eigenvalue weighted by Crippen LogP contribution is 2.14. The number of hydrogen-bond donors (Lipinski definition) is 0. The Labute approximate surface area is 118 Å². The second kappa shape index (κ2) is 6.17. The maximum Gasteiger partial charge on any atom is 0.0234 e. The molecule has 0 spiro atoms. The van der Waals surface area contributed by atoms with Gasteiger partial charge < -0.3 is 0 Å². The molecule has 0 aliphatic heterocycles. The van der Waals surface area contributed by atoms with Crippen LogP contribution in [0.5, 0.6) is 0 Å². The van der Waals surface area contributed by atoms with Crippen LogP contribution in [0.25, 0.3) is 0 Å². The third-order valence-corrected chi connectivity index (χ3v) is 3.37. The summed E-state index contributed by atoms with van der Waals surface area (Å²) < 4.78 is 1.14. The lowest BCUT2D eigenvalue weighted by atomic mass is 10.1. The monoisotopic (exact) mass is 303 g/mol. The molecule has 0 atom stereocenters. The molecule has 0 bridgehead atoms. The molecular weight excluding hydrogens is 286 g/mol. The Balaban J connectivity index is 1.98. The van der Waals surface area contributed by atoms with E-state index in [1.165, 1.54) is 16.7 Å². The first-order valence-electron chi connectivity index (χ1n) is 6.12. The van der Waals surface area contributed by atoms with Crippen LogP contribution in [0.4, 0.5) is 0 Å². The zero-order chi connectivity index (χ0) is 13.0. The van der Waals surface area contributed by atoms with Crippen LogP contribution < -0.4 is 0 Å². The summed E-state index contributed by atoms with van der Waals surface area (Å²) in [5.41, 5.74) is 4.02. The van der Waals surface area contributed by atoms with Gasteiger partial charge in [0.1, 0.15) is 0 Å². The molecule has 0 aromatic heterocycles. The van der Waals surface area contributed by atoms with Crippen molar-refractivity contribution < 1.29 is 0 Å². The van der Waals surface area contributed by atoms with Crippen LogP contribution in [0.2, 0.25) is 0 Å². The van der Waals surface area contributed by atoms with E-state index in [0.717, 1.165) is 17.6 Å². The van der Waals surface area contributed by atoms with Crippen molar-refractivity contribution in [3.05, 3.63) is 69.7 Å². The number of aryl methyl sites for hydroxylation is 1. The molecule has 18 heavy (non-hydrogen) atoms. The van der Waals surface area contributed by atoms with Gasteiger partial charge in [-0.2, -0.15) is 0 Å². The van der Waals surface area contributed by atoms with Crippen molar-refractivity contribution >= 4 is 15.9 Å². The molecule has 0 amide bonds. The molecule has 2 rings (SSSR count). The van der Waals surface area contributed by atoms with Gasteiger partial charge in [0.25, 0.3) is 0 Å². The molecule has 0 aliphatic rings. The van der Waals surface area contributed by atoms with E-state index >= 15 is 0 Å². The van der Waals surface area contributed by atoms with Crippen molar-refractivity contribution in [2.75, 3.05) is 7.05 Å². The summed E-state index contributed by atoms with van der Waals surface area (Å²) in [6.07, 6.45) is 0. The summed E-state index contributed by atoms with van der Waals surface area (Å²) in [5.74, 6) is 0. The van der Waals surface area contributed by atoms with Gasteiger partial charge in [-0.3, -0.25) is 4.90 Å². The van der Waals surface area contributed by atoms with Crippen LogP contribution in [-0.2, 0) is 13.1 Å². The smallest absolute Gasteiger partial charge is 0.0234 e. The molecule has 2 aromatic carbocycles. The van der Waals surface area contributed by atoms with E-state index in [0.29, 0.717) is 0 Å². The van der Waals surface area contributed by atoms with Crippen molar-refractivity contribution in [3.8, 4) is 0 Å². The second-order valence-corrected chi connectivity index (χ2v) is 5.71. The minimum atomic E-state index is 0.966. The van der Waals surface area contributed by atoms with Crippen molar-refractivity contribution in [2.24, 2.45) is 0 Å². The van der Waals surface area contributed by atoms with Gasteiger partial charge in [0.2, 0.25) is 0 Å². The molecule has 0 aliphatic carbocycles. The molecule has 0 unspecified atom stereocenters. The van der Waals surface area contributed by atoms with Gasteiger partial charge in [0, 0.05) is 17.6 Å². The zero-order valence-corrected chi connectivity index (χ0v) is 12.4. The molecule has 0 heterocycles.